The van der Waals surface area contributed by atoms with Gasteiger partial charge in [-0.15, -0.1) is 11.8 Å². The number of rotatable bonds is 3. The van der Waals surface area contributed by atoms with E-state index in [1.54, 1.807) is 0 Å². The van der Waals surface area contributed by atoms with E-state index in [2.05, 4.69) is 38.1 Å². The average Bonchev–Trinajstić information content (AvgIpc) is 2.72. The van der Waals surface area contributed by atoms with Crippen LogP contribution in [-0.2, 0) is 11.2 Å². The van der Waals surface area contributed by atoms with Crippen LogP contribution in [0, 0.1) is 6.92 Å². The monoisotopic (exact) mass is 249 g/mol. The first-order valence-corrected chi connectivity index (χ1v) is 7.18. The zero-order valence-electron chi connectivity index (χ0n) is 10.5. The van der Waals surface area contributed by atoms with E-state index in [0.717, 1.165) is 18.7 Å². The lowest BCUT2D eigenvalue weighted by Crippen LogP contribution is -2.33. The number of carbonyl (C=O) groups is 1. The second-order valence-corrected chi connectivity index (χ2v) is 5.97. The Hall–Kier alpha value is -0.960. The number of amides is 1. The number of benzene rings is 1. The van der Waals surface area contributed by atoms with E-state index in [0.29, 0.717) is 17.7 Å². The second kappa shape index (κ2) is 5.58. The Kier molecular flexibility index (Phi) is 4.11. The van der Waals surface area contributed by atoms with Gasteiger partial charge in [-0.05, 0) is 25.8 Å². The summed E-state index contributed by atoms with van der Waals surface area (Å²) in [6, 6.07) is 8.41. The molecular formula is C14H19NOS. The maximum Gasteiger partial charge on any atom is 0.223 e. The molecule has 1 aromatic carbocycles. The van der Waals surface area contributed by atoms with Crippen molar-refractivity contribution in [2.75, 3.05) is 12.3 Å². The van der Waals surface area contributed by atoms with Crippen LogP contribution < -0.4 is 0 Å². The minimum atomic E-state index is 0.295. The van der Waals surface area contributed by atoms with Crippen LogP contribution in [0.3, 0.4) is 0 Å². The van der Waals surface area contributed by atoms with E-state index >= 15 is 0 Å². The number of hydrogen-bond donors (Lipinski definition) is 0. The van der Waals surface area contributed by atoms with Crippen LogP contribution in [0.25, 0.3) is 0 Å². The molecule has 0 bridgehead atoms. The molecule has 1 atom stereocenters. The third kappa shape index (κ3) is 3.25. The molecule has 1 fully saturated rings. The zero-order valence-corrected chi connectivity index (χ0v) is 11.3. The van der Waals surface area contributed by atoms with E-state index in [4.69, 9.17) is 0 Å². The molecule has 2 nitrogen and oxygen atoms in total. The van der Waals surface area contributed by atoms with Gasteiger partial charge in [-0.25, -0.2) is 0 Å². The van der Waals surface area contributed by atoms with Gasteiger partial charge in [-0.3, -0.25) is 4.79 Å². The molecule has 17 heavy (non-hydrogen) atoms. The second-order valence-electron chi connectivity index (χ2n) is 4.55. The van der Waals surface area contributed by atoms with Crippen LogP contribution in [0.4, 0.5) is 0 Å². The molecule has 1 aliphatic rings. The lowest BCUT2D eigenvalue weighted by Gasteiger charge is -2.20. The Bertz CT molecular complexity index is 405. The largest absolute Gasteiger partial charge is 0.330 e. The molecule has 0 saturated carbocycles. The van der Waals surface area contributed by atoms with Gasteiger partial charge in [-0.1, -0.05) is 29.8 Å². The van der Waals surface area contributed by atoms with Crippen molar-refractivity contribution in [3.63, 3.8) is 0 Å². The summed E-state index contributed by atoms with van der Waals surface area (Å²) in [6.07, 6.45) is 1.49. The minimum absolute atomic E-state index is 0.295. The molecule has 0 N–H and O–H groups in total. The van der Waals surface area contributed by atoms with Crippen molar-refractivity contribution in [3.05, 3.63) is 35.4 Å². The molecule has 3 heteroatoms. The zero-order chi connectivity index (χ0) is 12.3. The third-order valence-electron chi connectivity index (χ3n) is 3.16. The number of hydrogen-bond acceptors (Lipinski definition) is 2. The van der Waals surface area contributed by atoms with E-state index < -0.39 is 0 Å². The molecule has 1 unspecified atom stereocenters. The van der Waals surface area contributed by atoms with Crippen LogP contribution in [0.15, 0.2) is 24.3 Å². The van der Waals surface area contributed by atoms with Crippen LogP contribution in [0.5, 0.6) is 0 Å². The van der Waals surface area contributed by atoms with E-state index in [1.807, 2.05) is 16.7 Å². The summed E-state index contributed by atoms with van der Waals surface area (Å²) < 4.78 is 0. The highest BCUT2D eigenvalue weighted by molar-refractivity contribution is 8.00. The number of nitrogens with zero attached hydrogens (tertiary/aromatic N) is 1. The SMILES string of the molecule is Cc1cccc(CCC(=O)N2CCSC2C)c1. The summed E-state index contributed by atoms with van der Waals surface area (Å²) in [5, 5.41) is 0.361. The van der Waals surface area contributed by atoms with E-state index in [9.17, 15) is 4.79 Å². The Labute approximate surface area is 107 Å². The van der Waals surface area contributed by atoms with Gasteiger partial charge in [0.25, 0.3) is 0 Å². The first kappa shape index (κ1) is 12.5. The molecule has 1 saturated heterocycles. The fourth-order valence-corrected chi connectivity index (χ4v) is 3.23. The Balaban J connectivity index is 1.88. The molecule has 2 rings (SSSR count). The molecule has 92 valence electrons. The molecule has 1 aromatic rings. The van der Waals surface area contributed by atoms with Gasteiger partial charge >= 0.3 is 0 Å². The van der Waals surface area contributed by atoms with Gasteiger partial charge in [0, 0.05) is 18.7 Å². The van der Waals surface area contributed by atoms with Gasteiger partial charge in [0.15, 0.2) is 0 Å². The fraction of sp³-hybridized carbons (Fsp3) is 0.500. The predicted molar refractivity (Wildman–Crippen MR) is 73.1 cm³/mol. The number of aryl methyl sites for hydroxylation is 2. The van der Waals surface area contributed by atoms with Gasteiger partial charge < -0.3 is 4.90 Å². The fourth-order valence-electron chi connectivity index (χ4n) is 2.18. The number of thioether (sulfide) groups is 1. The maximum atomic E-state index is 12.0. The standard InChI is InChI=1S/C14H19NOS/c1-11-4-3-5-13(10-11)6-7-14(16)15-8-9-17-12(15)2/h3-5,10,12H,6-9H2,1-2H3. The minimum Gasteiger partial charge on any atom is -0.330 e. The maximum absolute atomic E-state index is 12.0. The molecule has 1 aliphatic heterocycles. The molecule has 0 aliphatic carbocycles. The Morgan fingerprint density at radius 2 is 2.35 bits per heavy atom. The summed E-state index contributed by atoms with van der Waals surface area (Å²) in [5.74, 6) is 1.38. The summed E-state index contributed by atoms with van der Waals surface area (Å²) in [6.45, 7) is 5.12. The van der Waals surface area contributed by atoms with Crippen molar-refractivity contribution >= 4 is 17.7 Å². The van der Waals surface area contributed by atoms with Gasteiger partial charge in [-0.2, -0.15) is 0 Å². The summed E-state index contributed by atoms with van der Waals surface area (Å²) in [7, 11) is 0. The van der Waals surface area contributed by atoms with Crippen molar-refractivity contribution in [3.8, 4) is 0 Å². The summed E-state index contributed by atoms with van der Waals surface area (Å²) in [4.78, 5) is 14.0. The topological polar surface area (TPSA) is 20.3 Å². The molecule has 0 radical (unpaired) electrons. The molecule has 1 heterocycles. The van der Waals surface area contributed by atoms with Crippen molar-refractivity contribution in [2.45, 2.75) is 32.1 Å². The van der Waals surface area contributed by atoms with E-state index in [1.165, 1.54) is 11.1 Å². The molecule has 0 aromatic heterocycles. The lowest BCUT2D eigenvalue weighted by molar-refractivity contribution is -0.130. The first-order valence-electron chi connectivity index (χ1n) is 6.13. The quantitative estimate of drug-likeness (QED) is 0.821. The van der Waals surface area contributed by atoms with Crippen molar-refractivity contribution in [1.29, 1.82) is 0 Å². The highest BCUT2D eigenvalue weighted by atomic mass is 32.2. The molecular weight excluding hydrogens is 230 g/mol. The van der Waals surface area contributed by atoms with Crippen LogP contribution in [-0.4, -0.2) is 28.5 Å². The van der Waals surface area contributed by atoms with Crippen molar-refractivity contribution < 1.29 is 4.79 Å². The molecule has 1 amide bonds. The third-order valence-corrected chi connectivity index (χ3v) is 4.32. The van der Waals surface area contributed by atoms with Gasteiger partial charge in [0.2, 0.25) is 5.91 Å². The smallest absolute Gasteiger partial charge is 0.223 e. The number of carbonyl (C=O) groups excluding carboxylic acids is 1. The van der Waals surface area contributed by atoms with Crippen LogP contribution >= 0.6 is 11.8 Å². The highest BCUT2D eigenvalue weighted by Crippen LogP contribution is 2.23. The Morgan fingerprint density at radius 1 is 1.53 bits per heavy atom. The van der Waals surface area contributed by atoms with Crippen LogP contribution in [0.2, 0.25) is 0 Å². The summed E-state index contributed by atoms with van der Waals surface area (Å²) in [5.41, 5.74) is 2.53. The van der Waals surface area contributed by atoms with Crippen molar-refractivity contribution in [2.24, 2.45) is 0 Å². The lowest BCUT2D eigenvalue weighted by atomic mass is 10.1. The first-order chi connectivity index (χ1) is 8.16. The van der Waals surface area contributed by atoms with Gasteiger partial charge in [0.05, 0.1) is 5.37 Å². The summed E-state index contributed by atoms with van der Waals surface area (Å²) >= 11 is 1.86. The van der Waals surface area contributed by atoms with Crippen LogP contribution in [0.1, 0.15) is 24.5 Å². The van der Waals surface area contributed by atoms with Gasteiger partial charge in [0.1, 0.15) is 0 Å². The predicted octanol–water partition coefficient (Wildman–Crippen LogP) is 2.85. The molecule has 0 spiro atoms. The van der Waals surface area contributed by atoms with E-state index in [-0.39, 0.29) is 0 Å². The van der Waals surface area contributed by atoms with Crippen molar-refractivity contribution in [1.82, 2.24) is 4.90 Å². The Morgan fingerprint density at radius 3 is 3.00 bits per heavy atom. The highest BCUT2D eigenvalue weighted by Gasteiger charge is 2.24. The normalized spacial score (nSPS) is 19.6. The average molecular weight is 249 g/mol.